The van der Waals surface area contributed by atoms with Gasteiger partial charge in [-0.2, -0.15) is 0 Å². The Morgan fingerprint density at radius 1 is 1.08 bits per heavy atom. The molecule has 0 bridgehead atoms. The first-order chi connectivity index (χ1) is 12.3. The number of hydrogen-bond donors (Lipinski definition) is 0. The van der Waals surface area contributed by atoms with E-state index >= 15 is 0 Å². The minimum atomic E-state index is 0.134. The fourth-order valence-corrected chi connectivity index (χ4v) is 4.11. The number of hydrogen-bond acceptors (Lipinski definition) is 3. The molecule has 3 aliphatic rings. The summed E-state index contributed by atoms with van der Waals surface area (Å²) in [7, 11) is 0. The molecule has 0 radical (unpaired) electrons. The maximum Gasteiger partial charge on any atom is 0.226 e. The number of benzene rings is 1. The van der Waals surface area contributed by atoms with Crippen molar-refractivity contribution in [3.63, 3.8) is 0 Å². The van der Waals surface area contributed by atoms with Gasteiger partial charge in [0, 0.05) is 32.3 Å². The van der Waals surface area contributed by atoms with Crippen molar-refractivity contribution in [2.45, 2.75) is 50.7 Å². The van der Waals surface area contributed by atoms with E-state index in [9.17, 15) is 4.79 Å². The summed E-state index contributed by atoms with van der Waals surface area (Å²) in [5, 5.41) is 0. The van der Waals surface area contributed by atoms with Crippen LogP contribution in [0.4, 0.5) is 0 Å². The molecule has 2 saturated heterocycles. The van der Waals surface area contributed by atoms with Gasteiger partial charge in [0.25, 0.3) is 0 Å². The second-order valence-corrected chi connectivity index (χ2v) is 7.78. The van der Waals surface area contributed by atoms with E-state index in [1.807, 2.05) is 6.07 Å². The first-order valence-electron chi connectivity index (χ1n) is 9.85. The van der Waals surface area contributed by atoms with Gasteiger partial charge in [0.1, 0.15) is 0 Å². The van der Waals surface area contributed by atoms with Gasteiger partial charge >= 0.3 is 0 Å². The quantitative estimate of drug-likeness (QED) is 0.797. The summed E-state index contributed by atoms with van der Waals surface area (Å²) in [6.45, 7) is 3.14. The van der Waals surface area contributed by atoms with Crippen LogP contribution in [0.25, 0.3) is 0 Å². The van der Waals surface area contributed by atoms with Crippen LogP contribution >= 0.6 is 0 Å². The molecule has 1 amide bonds. The van der Waals surface area contributed by atoms with Crippen molar-refractivity contribution in [3.8, 4) is 0 Å². The van der Waals surface area contributed by atoms with E-state index < -0.39 is 0 Å². The van der Waals surface area contributed by atoms with E-state index in [-0.39, 0.29) is 18.1 Å². The molecule has 0 aromatic heterocycles. The SMILES string of the molecule is O=C(C1CCOCC1)N1CC[C@@H](OCC2CC2)[C@H]1Cc1ccccc1. The van der Waals surface area contributed by atoms with Crippen LogP contribution in [0.2, 0.25) is 0 Å². The molecule has 0 N–H and O–H groups in total. The third-order valence-corrected chi connectivity index (χ3v) is 5.87. The highest BCUT2D eigenvalue weighted by Crippen LogP contribution is 2.33. The Morgan fingerprint density at radius 2 is 1.84 bits per heavy atom. The van der Waals surface area contributed by atoms with Crippen molar-refractivity contribution in [2.24, 2.45) is 11.8 Å². The van der Waals surface area contributed by atoms with E-state index in [0.29, 0.717) is 5.91 Å². The van der Waals surface area contributed by atoms with Crippen LogP contribution in [0.1, 0.15) is 37.7 Å². The van der Waals surface area contributed by atoms with Crippen molar-refractivity contribution < 1.29 is 14.3 Å². The minimum absolute atomic E-state index is 0.134. The van der Waals surface area contributed by atoms with Gasteiger partial charge in [-0.25, -0.2) is 0 Å². The molecule has 1 aliphatic carbocycles. The highest BCUT2D eigenvalue weighted by Gasteiger charge is 2.40. The standard InChI is InChI=1S/C21H29NO3/c23-21(18-9-12-24-13-10-18)22-11-8-20(25-15-17-6-7-17)19(22)14-16-4-2-1-3-5-16/h1-5,17-20H,6-15H2/t19-,20-/m1/s1. The Hall–Kier alpha value is -1.39. The van der Waals surface area contributed by atoms with Gasteiger partial charge in [0.05, 0.1) is 12.1 Å². The molecule has 2 aliphatic heterocycles. The molecule has 25 heavy (non-hydrogen) atoms. The topological polar surface area (TPSA) is 38.8 Å². The summed E-state index contributed by atoms with van der Waals surface area (Å²) in [6.07, 6.45) is 6.39. The summed E-state index contributed by atoms with van der Waals surface area (Å²) in [6, 6.07) is 10.7. The monoisotopic (exact) mass is 343 g/mol. The molecule has 1 aromatic carbocycles. The molecule has 1 aromatic rings. The molecule has 3 fully saturated rings. The lowest BCUT2D eigenvalue weighted by Crippen LogP contribution is -2.45. The Morgan fingerprint density at radius 3 is 2.56 bits per heavy atom. The van der Waals surface area contributed by atoms with Crippen LogP contribution in [0.15, 0.2) is 30.3 Å². The summed E-state index contributed by atoms with van der Waals surface area (Å²) in [5.74, 6) is 1.22. The first-order valence-corrected chi connectivity index (χ1v) is 9.85. The van der Waals surface area contributed by atoms with E-state index in [4.69, 9.17) is 9.47 Å². The lowest BCUT2D eigenvalue weighted by Gasteiger charge is -2.32. The summed E-state index contributed by atoms with van der Waals surface area (Å²) >= 11 is 0. The Bertz CT molecular complexity index is 566. The maximum atomic E-state index is 13.1. The molecule has 2 heterocycles. The summed E-state index contributed by atoms with van der Waals surface area (Å²) in [4.78, 5) is 15.2. The molecule has 4 rings (SSSR count). The van der Waals surface area contributed by atoms with Crippen molar-refractivity contribution in [1.82, 2.24) is 4.90 Å². The normalized spacial score (nSPS) is 27.6. The fraction of sp³-hybridized carbons (Fsp3) is 0.667. The van der Waals surface area contributed by atoms with Crippen LogP contribution in [-0.2, 0) is 20.7 Å². The number of carbonyl (C=O) groups is 1. The minimum Gasteiger partial charge on any atom is -0.381 e. The number of carbonyl (C=O) groups excluding carboxylic acids is 1. The maximum absolute atomic E-state index is 13.1. The molecule has 0 unspecified atom stereocenters. The van der Waals surface area contributed by atoms with E-state index in [0.717, 1.165) is 58.0 Å². The van der Waals surface area contributed by atoms with Gasteiger partial charge in [0.15, 0.2) is 0 Å². The van der Waals surface area contributed by atoms with Crippen LogP contribution in [0, 0.1) is 11.8 Å². The number of rotatable bonds is 6. The van der Waals surface area contributed by atoms with Crippen LogP contribution in [0.3, 0.4) is 0 Å². The second kappa shape index (κ2) is 7.88. The third kappa shape index (κ3) is 4.24. The van der Waals surface area contributed by atoms with Crippen LogP contribution in [0.5, 0.6) is 0 Å². The lowest BCUT2D eigenvalue weighted by molar-refractivity contribution is -0.140. The zero-order valence-corrected chi connectivity index (χ0v) is 14.9. The molecule has 136 valence electrons. The largest absolute Gasteiger partial charge is 0.381 e. The van der Waals surface area contributed by atoms with Crippen molar-refractivity contribution in [3.05, 3.63) is 35.9 Å². The van der Waals surface area contributed by atoms with E-state index in [1.54, 1.807) is 0 Å². The molecule has 4 heteroatoms. The van der Waals surface area contributed by atoms with Gasteiger partial charge in [-0.05, 0) is 50.0 Å². The van der Waals surface area contributed by atoms with Crippen molar-refractivity contribution in [2.75, 3.05) is 26.4 Å². The lowest BCUT2D eigenvalue weighted by atomic mass is 9.96. The number of amides is 1. The first kappa shape index (κ1) is 17.0. The smallest absolute Gasteiger partial charge is 0.226 e. The predicted molar refractivity (Wildman–Crippen MR) is 96.3 cm³/mol. The van der Waals surface area contributed by atoms with Gasteiger partial charge < -0.3 is 14.4 Å². The molecule has 1 saturated carbocycles. The van der Waals surface area contributed by atoms with Crippen molar-refractivity contribution >= 4 is 5.91 Å². The molecular weight excluding hydrogens is 314 g/mol. The Labute approximate surface area is 150 Å². The van der Waals surface area contributed by atoms with Gasteiger partial charge in [-0.1, -0.05) is 30.3 Å². The summed E-state index contributed by atoms with van der Waals surface area (Å²) in [5.41, 5.74) is 1.29. The average molecular weight is 343 g/mol. The Kier molecular flexibility index (Phi) is 5.37. The number of likely N-dealkylation sites (tertiary alicyclic amines) is 1. The highest BCUT2D eigenvalue weighted by molar-refractivity contribution is 5.79. The van der Waals surface area contributed by atoms with Crippen LogP contribution < -0.4 is 0 Å². The van der Waals surface area contributed by atoms with Gasteiger partial charge in [0.2, 0.25) is 5.91 Å². The molecule has 2 atom stereocenters. The van der Waals surface area contributed by atoms with Gasteiger partial charge in [-0.15, -0.1) is 0 Å². The molecule has 0 spiro atoms. The third-order valence-electron chi connectivity index (χ3n) is 5.87. The second-order valence-electron chi connectivity index (χ2n) is 7.78. The van der Waals surface area contributed by atoms with Crippen molar-refractivity contribution in [1.29, 1.82) is 0 Å². The average Bonchev–Trinajstić information content (AvgIpc) is 3.42. The number of nitrogens with zero attached hydrogens (tertiary/aromatic N) is 1. The van der Waals surface area contributed by atoms with E-state index in [1.165, 1.54) is 18.4 Å². The zero-order chi connectivity index (χ0) is 17.1. The highest BCUT2D eigenvalue weighted by atomic mass is 16.5. The molecular formula is C21H29NO3. The van der Waals surface area contributed by atoms with Crippen LogP contribution in [-0.4, -0.2) is 49.3 Å². The van der Waals surface area contributed by atoms with Gasteiger partial charge in [-0.3, -0.25) is 4.79 Å². The molecule has 4 nitrogen and oxygen atoms in total. The number of ether oxygens (including phenoxy) is 2. The fourth-order valence-electron chi connectivity index (χ4n) is 4.11. The Balaban J connectivity index is 1.46. The summed E-state index contributed by atoms with van der Waals surface area (Å²) < 4.78 is 11.7. The zero-order valence-electron chi connectivity index (χ0n) is 14.9. The van der Waals surface area contributed by atoms with E-state index in [2.05, 4.69) is 29.2 Å². The predicted octanol–water partition coefficient (Wildman–Crippen LogP) is 3.05.